The number of carbonyl (C=O) groups excluding carboxylic acids is 2. The molecule has 0 unspecified atom stereocenters. The van der Waals surface area contributed by atoms with Crippen molar-refractivity contribution in [3.05, 3.63) is 0 Å². The Kier molecular flexibility index (Phi) is 4.58. The number of piperidine rings is 1. The fraction of sp³-hybridized carbons (Fsp3) is 0.857. The number of nitrogens with one attached hydrogen (secondary N) is 2. The summed E-state index contributed by atoms with van der Waals surface area (Å²) < 4.78 is 0. The molecule has 2 heterocycles. The van der Waals surface area contributed by atoms with Crippen molar-refractivity contribution in [1.82, 2.24) is 10.6 Å². The normalized spacial score (nSPS) is 31.2. The van der Waals surface area contributed by atoms with Crippen LogP contribution in [0.15, 0.2) is 0 Å². The lowest BCUT2D eigenvalue weighted by Crippen LogP contribution is -2.65. The predicted octanol–water partition coefficient (Wildman–Crippen LogP) is 0.0767. The average molecular weight is 268 g/mol. The third-order valence-electron chi connectivity index (χ3n) is 4.51. The SMILES string of the molecule is C[C@@H](O)[C@H]1C(=O)N[C@@H]1[C@@H](C)C(=O)CC1CCNCC1. The fourth-order valence-corrected chi connectivity index (χ4v) is 3.13. The van der Waals surface area contributed by atoms with Gasteiger partial charge in [-0.25, -0.2) is 0 Å². The number of hydrogen-bond donors (Lipinski definition) is 3. The summed E-state index contributed by atoms with van der Waals surface area (Å²) in [4.78, 5) is 23.7. The van der Waals surface area contributed by atoms with Gasteiger partial charge in [-0.2, -0.15) is 0 Å². The smallest absolute Gasteiger partial charge is 0.228 e. The fourth-order valence-electron chi connectivity index (χ4n) is 3.13. The van der Waals surface area contributed by atoms with Gasteiger partial charge in [-0.1, -0.05) is 6.92 Å². The van der Waals surface area contributed by atoms with Crippen LogP contribution in [0.2, 0.25) is 0 Å². The molecule has 2 aliphatic heterocycles. The molecule has 0 aromatic heterocycles. The van der Waals surface area contributed by atoms with Crippen LogP contribution in [0.25, 0.3) is 0 Å². The van der Waals surface area contributed by atoms with E-state index in [0.29, 0.717) is 12.3 Å². The number of rotatable bonds is 5. The van der Waals surface area contributed by atoms with E-state index in [4.69, 9.17) is 0 Å². The van der Waals surface area contributed by atoms with Crippen molar-refractivity contribution < 1.29 is 14.7 Å². The third-order valence-corrected chi connectivity index (χ3v) is 4.51. The van der Waals surface area contributed by atoms with Gasteiger partial charge >= 0.3 is 0 Å². The first-order valence-corrected chi connectivity index (χ1v) is 7.22. The van der Waals surface area contributed by atoms with Crippen LogP contribution in [0.5, 0.6) is 0 Å². The maximum absolute atomic E-state index is 12.3. The lowest BCUT2D eigenvalue weighted by atomic mass is 9.75. The molecule has 4 atom stereocenters. The monoisotopic (exact) mass is 268 g/mol. The van der Waals surface area contributed by atoms with E-state index in [0.717, 1.165) is 25.9 Å². The van der Waals surface area contributed by atoms with Crippen LogP contribution in [0.3, 0.4) is 0 Å². The molecular weight excluding hydrogens is 244 g/mol. The van der Waals surface area contributed by atoms with Crippen LogP contribution >= 0.6 is 0 Å². The lowest BCUT2D eigenvalue weighted by Gasteiger charge is -2.41. The van der Waals surface area contributed by atoms with Gasteiger partial charge in [0.05, 0.1) is 18.1 Å². The van der Waals surface area contributed by atoms with Gasteiger partial charge in [0.15, 0.2) is 0 Å². The maximum Gasteiger partial charge on any atom is 0.228 e. The van der Waals surface area contributed by atoms with E-state index in [-0.39, 0.29) is 23.7 Å². The van der Waals surface area contributed by atoms with Crippen molar-refractivity contribution in [1.29, 1.82) is 0 Å². The first kappa shape index (κ1) is 14.5. The van der Waals surface area contributed by atoms with Gasteiger partial charge in [0.1, 0.15) is 5.78 Å². The number of ketones is 1. The molecule has 0 aromatic rings. The molecule has 0 saturated carbocycles. The van der Waals surface area contributed by atoms with Gasteiger partial charge in [-0.3, -0.25) is 9.59 Å². The lowest BCUT2D eigenvalue weighted by molar-refractivity contribution is -0.145. The number of hydrogen-bond acceptors (Lipinski definition) is 4. The van der Waals surface area contributed by atoms with Crippen LogP contribution in [0.4, 0.5) is 0 Å². The summed E-state index contributed by atoms with van der Waals surface area (Å²) in [5.74, 6) is -0.0831. The third kappa shape index (κ3) is 3.15. The molecule has 0 aliphatic carbocycles. The number of Topliss-reactive ketones (excluding diaryl/α,β-unsaturated/α-hetero) is 1. The summed E-state index contributed by atoms with van der Waals surface area (Å²) in [5, 5.41) is 15.6. The molecule has 1 amide bonds. The van der Waals surface area contributed by atoms with Crippen LogP contribution in [0.1, 0.15) is 33.1 Å². The largest absolute Gasteiger partial charge is 0.393 e. The van der Waals surface area contributed by atoms with Crippen molar-refractivity contribution >= 4 is 11.7 Å². The molecule has 19 heavy (non-hydrogen) atoms. The second kappa shape index (κ2) is 6.01. The number of aliphatic hydroxyl groups is 1. The van der Waals surface area contributed by atoms with Gasteiger partial charge in [0.25, 0.3) is 0 Å². The molecule has 0 spiro atoms. The molecule has 2 saturated heterocycles. The minimum Gasteiger partial charge on any atom is -0.393 e. The highest BCUT2D eigenvalue weighted by atomic mass is 16.3. The van der Waals surface area contributed by atoms with E-state index in [1.54, 1.807) is 6.92 Å². The number of carbonyl (C=O) groups is 2. The summed E-state index contributed by atoms with van der Waals surface area (Å²) >= 11 is 0. The van der Waals surface area contributed by atoms with Crippen LogP contribution < -0.4 is 10.6 Å². The predicted molar refractivity (Wildman–Crippen MR) is 71.5 cm³/mol. The number of aliphatic hydroxyl groups excluding tert-OH is 1. The number of β-lactam (4-membered cyclic amide) rings is 1. The maximum atomic E-state index is 12.3. The zero-order chi connectivity index (χ0) is 14.0. The minimum atomic E-state index is -0.687. The van der Waals surface area contributed by atoms with E-state index in [1.807, 2.05) is 6.92 Å². The Labute approximate surface area is 114 Å². The van der Waals surface area contributed by atoms with E-state index < -0.39 is 12.0 Å². The summed E-state index contributed by atoms with van der Waals surface area (Å²) in [5.41, 5.74) is 0. The van der Waals surface area contributed by atoms with E-state index in [2.05, 4.69) is 10.6 Å². The Morgan fingerprint density at radius 2 is 2.00 bits per heavy atom. The van der Waals surface area contributed by atoms with Crippen LogP contribution in [-0.2, 0) is 9.59 Å². The quantitative estimate of drug-likeness (QED) is 0.617. The van der Waals surface area contributed by atoms with Gasteiger partial charge in [-0.05, 0) is 38.8 Å². The summed E-state index contributed by atoms with van der Waals surface area (Å²) in [7, 11) is 0. The van der Waals surface area contributed by atoms with Gasteiger partial charge < -0.3 is 15.7 Å². The van der Waals surface area contributed by atoms with Gasteiger partial charge in [-0.15, -0.1) is 0 Å². The van der Waals surface area contributed by atoms with Gasteiger partial charge in [0, 0.05) is 12.3 Å². The van der Waals surface area contributed by atoms with Crippen molar-refractivity contribution in [2.24, 2.45) is 17.8 Å². The molecule has 2 rings (SSSR count). The summed E-state index contributed by atoms with van der Waals surface area (Å²) in [6.45, 7) is 5.45. The summed E-state index contributed by atoms with van der Waals surface area (Å²) in [6, 6.07) is -0.193. The molecule has 0 bridgehead atoms. The van der Waals surface area contributed by atoms with Crippen molar-refractivity contribution in [2.75, 3.05) is 13.1 Å². The second-order valence-corrected chi connectivity index (χ2v) is 5.95. The van der Waals surface area contributed by atoms with Gasteiger partial charge in [0.2, 0.25) is 5.91 Å². The highest BCUT2D eigenvalue weighted by Gasteiger charge is 2.46. The van der Waals surface area contributed by atoms with E-state index in [1.165, 1.54) is 0 Å². The van der Waals surface area contributed by atoms with Crippen LogP contribution in [-0.4, -0.2) is 42.0 Å². The zero-order valence-corrected chi connectivity index (χ0v) is 11.7. The Morgan fingerprint density at radius 3 is 2.53 bits per heavy atom. The molecule has 2 fully saturated rings. The molecule has 0 aromatic carbocycles. The standard InChI is InChI=1S/C14H24N2O3/c1-8(13-12(9(2)17)14(19)16-13)11(18)7-10-3-5-15-6-4-10/h8-10,12-13,15,17H,3-7H2,1-2H3,(H,16,19)/t8-,9+,12+,13+/m0/s1. The highest BCUT2D eigenvalue weighted by molar-refractivity contribution is 5.90. The Morgan fingerprint density at radius 1 is 1.37 bits per heavy atom. The first-order chi connectivity index (χ1) is 9.00. The Hall–Kier alpha value is -0.940. The van der Waals surface area contributed by atoms with Crippen molar-refractivity contribution in [3.63, 3.8) is 0 Å². The van der Waals surface area contributed by atoms with E-state index >= 15 is 0 Å². The average Bonchev–Trinajstić information content (AvgIpc) is 2.35. The molecule has 2 aliphatic rings. The molecular formula is C14H24N2O3. The Bertz CT molecular complexity index is 351. The second-order valence-electron chi connectivity index (χ2n) is 5.95. The minimum absolute atomic E-state index is 0.137. The summed E-state index contributed by atoms with van der Waals surface area (Å²) in [6.07, 6.45) is 2.01. The molecule has 3 N–H and O–H groups in total. The van der Waals surface area contributed by atoms with Crippen molar-refractivity contribution in [2.45, 2.75) is 45.3 Å². The first-order valence-electron chi connectivity index (χ1n) is 7.22. The number of amides is 1. The van der Waals surface area contributed by atoms with E-state index in [9.17, 15) is 14.7 Å². The topological polar surface area (TPSA) is 78.4 Å². The molecule has 0 radical (unpaired) electrons. The Balaban J connectivity index is 1.86. The molecule has 5 heteroatoms. The van der Waals surface area contributed by atoms with Crippen molar-refractivity contribution in [3.8, 4) is 0 Å². The zero-order valence-electron chi connectivity index (χ0n) is 11.7. The van der Waals surface area contributed by atoms with Crippen LogP contribution in [0, 0.1) is 17.8 Å². The molecule has 108 valence electrons. The molecule has 5 nitrogen and oxygen atoms in total. The highest BCUT2D eigenvalue weighted by Crippen LogP contribution is 2.28.